The molecular weight excluding hydrogens is 525 g/mol. The molecule has 1 aromatic heterocycles. The highest BCUT2D eigenvalue weighted by Crippen LogP contribution is 2.34. The van der Waals surface area contributed by atoms with Gasteiger partial charge in [0.2, 0.25) is 0 Å². The van der Waals surface area contributed by atoms with E-state index >= 15 is 0 Å². The summed E-state index contributed by atoms with van der Waals surface area (Å²) in [5.74, 6) is -0.160. The van der Waals surface area contributed by atoms with Crippen molar-refractivity contribution in [3.63, 3.8) is 0 Å². The predicted molar refractivity (Wildman–Crippen MR) is 147 cm³/mol. The zero-order valence-corrected chi connectivity index (χ0v) is 22.8. The van der Waals surface area contributed by atoms with Gasteiger partial charge in [-0.2, -0.15) is 5.26 Å². The van der Waals surface area contributed by atoms with Crippen LogP contribution >= 0.6 is 23.2 Å². The minimum absolute atomic E-state index is 0.209. The number of carbonyl (C=O) groups excluding carboxylic acids is 2. The van der Waals surface area contributed by atoms with E-state index in [0.29, 0.717) is 54.3 Å². The summed E-state index contributed by atoms with van der Waals surface area (Å²) in [5, 5.41) is 21.2. The first-order valence-electron chi connectivity index (χ1n) is 12.0. The molecule has 0 saturated carbocycles. The maximum absolute atomic E-state index is 13.1. The lowest BCUT2D eigenvalue weighted by molar-refractivity contribution is -0.150. The Balaban J connectivity index is 1.52. The van der Waals surface area contributed by atoms with Crippen LogP contribution in [-0.4, -0.2) is 72.0 Å². The molecule has 2 aromatic carbocycles. The van der Waals surface area contributed by atoms with Crippen LogP contribution in [0, 0.1) is 11.3 Å². The van der Waals surface area contributed by atoms with Gasteiger partial charge in [0, 0.05) is 52.0 Å². The van der Waals surface area contributed by atoms with Gasteiger partial charge >= 0.3 is 0 Å². The van der Waals surface area contributed by atoms with Crippen molar-refractivity contribution < 1.29 is 14.7 Å². The fraction of sp³-hybridized carbons (Fsp3) is 0.286. The summed E-state index contributed by atoms with van der Waals surface area (Å²) in [7, 11) is 3.23. The molecule has 2 amide bonds. The van der Waals surface area contributed by atoms with E-state index in [0.717, 1.165) is 0 Å². The normalized spacial score (nSPS) is 15.0. The standard InChI is InChI=1S/C28H27Cl2N5O3/c1-28(38,21-7-5-4-6-8-21)27(37)35-11-9-34(10-12-35)25-19(16-31)13-20(17-32-25)18-14-22(29)24(23(30)15-18)26(36)33(2)3/h4-8,13-15,17,38H,9-12H2,1-3H3/t28-/m1/s1. The molecule has 8 nitrogen and oxygen atoms in total. The minimum Gasteiger partial charge on any atom is -0.376 e. The average Bonchev–Trinajstić information content (AvgIpc) is 2.92. The average molecular weight is 552 g/mol. The number of anilines is 1. The lowest BCUT2D eigenvalue weighted by Crippen LogP contribution is -2.54. The number of pyridine rings is 1. The molecule has 0 radical (unpaired) electrons. The number of carbonyl (C=O) groups is 2. The highest BCUT2D eigenvalue weighted by atomic mass is 35.5. The Morgan fingerprint density at radius 1 is 1.03 bits per heavy atom. The Labute approximate surface area is 231 Å². The Morgan fingerprint density at radius 3 is 2.18 bits per heavy atom. The minimum atomic E-state index is -1.63. The van der Waals surface area contributed by atoms with Crippen molar-refractivity contribution in [2.75, 3.05) is 45.2 Å². The van der Waals surface area contributed by atoms with Crippen LogP contribution in [0.4, 0.5) is 5.82 Å². The van der Waals surface area contributed by atoms with E-state index in [4.69, 9.17) is 23.2 Å². The molecule has 2 heterocycles. The number of rotatable bonds is 5. The number of amides is 2. The van der Waals surface area contributed by atoms with E-state index in [1.807, 2.05) is 11.0 Å². The molecule has 1 atom stereocenters. The zero-order valence-electron chi connectivity index (χ0n) is 21.3. The summed E-state index contributed by atoms with van der Waals surface area (Å²) >= 11 is 12.8. The fourth-order valence-corrected chi connectivity index (χ4v) is 5.08. The number of piperazine rings is 1. The third-order valence-corrected chi connectivity index (χ3v) is 7.20. The summed E-state index contributed by atoms with van der Waals surface area (Å²) in [5.41, 5.74) is 0.743. The number of benzene rings is 2. The van der Waals surface area contributed by atoms with Crippen molar-refractivity contribution >= 4 is 40.8 Å². The third kappa shape index (κ3) is 5.32. The molecular formula is C28H27Cl2N5O3. The van der Waals surface area contributed by atoms with Crippen LogP contribution in [-0.2, 0) is 10.4 Å². The van der Waals surface area contributed by atoms with E-state index in [1.165, 1.54) is 11.8 Å². The first-order valence-corrected chi connectivity index (χ1v) is 12.7. The highest BCUT2D eigenvalue weighted by molar-refractivity contribution is 6.40. The molecule has 1 aliphatic heterocycles. The van der Waals surface area contributed by atoms with Gasteiger partial charge in [-0.3, -0.25) is 9.59 Å². The molecule has 0 aliphatic carbocycles. The number of hydrogen-bond donors (Lipinski definition) is 1. The Kier molecular flexibility index (Phi) is 7.93. The van der Waals surface area contributed by atoms with Crippen molar-refractivity contribution in [3.8, 4) is 17.2 Å². The number of nitriles is 1. The monoisotopic (exact) mass is 551 g/mol. The van der Waals surface area contributed by atoms with Crippen molar-refractivity contribution in [1.29, 1.82) is 5.26 Å². The molecule has 3 aromatic rings. The topological polar surface area (TPSA) is 101 Å². The Bertz CT molecular complexity index is 1390. The third-order valence-electron chi connectivity index (χ3n) is 6.60. The Hall–Kier alpha value is -3.64. The summed E-state index contributed by atoms with van der Waals surface area (Å²) < 4.78 is 0. The smallest absolute Gasteiger partial charge is 0.259 e. The molecule has 4 rings (SSSR count). The zero-order chi connectivity index (χ0) is 27.6. The van der Waals surface area contributed by atoms with Gasteiger partial charge in [0.1, 0.15) is 11.9 Å². The lowest BCUT2D eigenvalue weighted by atomic mass is 9.94. The molecule has 10 heteroatoms. The predicted octanol–water partition coefficient (Wildman–Crippen LogP) is 4.19. The molecule has 0 bridgehead atoms. The van der Waals surface area contributed by atoms with E-state index in [2.05, 4.69) is 11.1 Å². The second-order valence-corrected chi connectivity index (χ2v) is 10.3. The maximum Gasteiger partial charge on any atom is 0.259 e. The van der Waals surface area contributed by atoms with E-state index in [1.54, 1.807) is 67.7 Å². The fourth-order valence-electron chi connectivity index (χ4n) is 4.43. The lowest BCUT2D eigenvalue weighted by Gasteiger charge is -2.38. The summed E-state index contributed by atoms with van der Waals surface area (Å²) in [4.78, 5) is 35.0. The molecule has 1 fully saturated rings. The molecule has 0 spiro atoms. The summed E-state index contributed by atoms with van der Waals surface area (Å²) in [6, 6.07) is 16.0. The van der Waals surface area contributed by atoms with Crippen molar-refractivity contribution in [1.82, 2.24) is 14.8 Å². The van der Waals surface area contributed by atoms with Crippen LogP contribution in [0.2, 0.25) is 10.0 Å². The van der Waals surface area contributed by atoms with Gasteiger partial charge in [0.05, 0.1) is 21.2 Å². The number of hydrogen-bond acceptors (Lipinski definition) is 6. The van der Waals surface area contributed by atoms with Crippen LogP contribution in [0.25, 0.3) is 11.1 Å². The number of aliphatic hydroxyl groups is 1. The van der Waals surface area contributed by atoms with Crippen molar-refractivity contribution in [2.24, 2.45) is 0 Å². The molecule has 1 aliphatic rings. The highest BCUT2D eigenvalue weighted by Gasteiger charge is 2.37. The van der Waals surface area contributed by atoms with Gasteiger partial charge < -0.3 is 19.8 Å². The molecule has 196 valence electrons. The van der Waals surface area contributed by atoms with Gasteiger partial charge in [-0.25, -0.2) is 4.98 Å². The SMILES string of the molecule is CN(C)C(=O)c1c(Cl)cc(-c2cnc(N3CCN(C(=O)[C@](C)(O)c4ccccc4)CC3)c(C#N)c2)cc1Cl. The first-order chi connectivity index (χ1) is 18.0. The molecule has 1 saturated heterocycles. The summed E-state index contributed by atoms with van der Waals surface area (Å²) in [6.45, 7) is 3.17. The van der Waals surface area contributed by atoms with Crippen LogP contribution < -0.4 is 4.90 Å². The van der Waals surface area contributed by atoms with Gasteiger partial charge in [0.25, 0.3) is 11.8 Å². The Morgan fingerprint density at radius 2 is 1.63 bits per heavy atom. The second kappa shape index (κ2) is 11.0. The van der Waals surface area contributed by atoms with E-state index < -0.39 is 5.60 Å². The summed E-state index contributed by atoms with van der Waals surface area (Å²) in [6.07, 6.45) is 1.63. The molecule has 38 heavy (non-hydrogen) atoms. The van der Waals surface area contributed by atoms with E-state index in [-0.39, 0.29) is 27.4 Å². The number of aromatic nitrogens is 1. The number of nitrogens with zero attached hydrogens (tertiary/aromatic N) is 5. The van der Waals surface area contributed by atoms with Crippen LogP contribution in [0.3, 0.4) is 0 Å². The van der Waals surface area contributed by atoms with Gasteiger partial charge in [-0.1, -0.05) is 53.5 Å². The van der Waals surface area contributed by atoms with E-state index in [9.17, 15) is 20.0 Å². The first kappa shape index (κ1) is 27.4. The molecule has 1 N–H and O–H groups in total. The largest absolute Gasteiger partial charge is 0.376 e. The number of halogens is 2. The van der Waals surface area contributed by atoms with Crippen LogP contribution in [0.5, 0.6) is 0 Å². The quantitative estimate of drug-likeness (QED) is 0.510. The maximum atomic E-state index is 13.1. The van der Waals surface area contributed by atoms with Gasteiger partial charge in [-0.05, 0) is 36.2 Å². The second-order valence-electron chi connectivity index (χ2n) is 9.44. The van der Waals surface area contributed by atoms with Gasteiger partial charge in [-0.15, -0.1) is 0 Å². The van der Waals surface area contributed by atoms with Crippen molar-refractivity contribution in [2.45, 2.75) is 12.5 Å². The van der Waals surface area contributed by atoms with Crippen molar-refractivity contribution in [3.05, 3.63) is 81.5 Å². The van der Waals surface area contributed by atoms with Crippen LogP contribution in [0.15, 0.2) is 54.7 Å². The van der Waals surface area contributed by atoms with Crippen LogP contribution in [0.1, 0.15) is 28.4 Å². The molecule has 0 unspecified atom stereocenters. The van der Waals surface area contributed by atoms with Gasteiger partial charge in [0.15, 0.2) is 5.60 Å².